The smallest absolute Gasteiger partial charge is 0.260 e. The van der Waals surface area contributed by atoms with Gasteiger partial charge in [-0.1, -0.05) is 19.1 Å². The molecule has 0 spiro atoms. The van der Waals surface area contributed by atoms with Crippen molar-refractivity contribution in [2.24, 2.45) is 0 Å². The number of nitrogen functional groups attached to an aromatic ring is 1. The van der Waals surface area contributed by atoms with Crippen molar-refractivity contribution in [1.29, 1.82) is 0 Å². The Morgan fingerprint density at radius 1 is 1.47 bits per heavy atom. The Bertz CT molecular complexity index is 379. The molecule has 17 heavy (non-hydrogen) atoms. The number of likely N-dealkylation sites (N-methyl/N-ethyl adjacent to an activating group) is 1. The average molecular weight is 236 g/mol. The highest BCUT2D eigenvalue weighted by Gasteiger charge is 2.14. The van der Waals surface area contributed by atoms with Gasteiger partial charge in [0.1, 0.15) is 5.75 Å². The quantitative estimate of drug-likeness (QED) is 0.794. The van der Waals surface area contributed by atoms with Gasteiger partial charge in [-0.2, -0.15) is 0 Å². The van der Waals surface area contributed by atoms with E-state index in [4.69, 9.17) is 10.5 Å². The maximum absolute atomic E-state index is 11.8. The fourth-order valence-electron chi connectivity index (χ4n) is 1.37. The van der Waals surface area contributed by atoms with Gasteiger partial charge in [0.05, 0.1) is 5.69 Å². The van der Waals surface area contributed by atoms with E-state index in [9.17, 15) is 4.79 Å². The number of ether oxygens (including phenoxy) is 1. The first-order chi connectivity index (χ1) is 8.06. The van der Waals surface area contributed by atoms with Gasteiger partial charge in [-0.3, -0.25) is 4.79 Å². The fourth-order valence-corrected chi connectivity index (χ4v) is 1.37. The van der Waals surface area contributed by atoms with Crippen LogP contribution in [0, 0.1) is 0 Å². The third-order valence-corrected chi connectivity index (χ3v) is 2.92. The van der Waals surface area contributed by atoms with E-state index in [0.29, 0.717) is 11.4 Å². The molecule has 0 heterocycles. The molecule has 1 unspecified atom stereocenters. The topological polar surface area (TPSA) is 55.6 Å². The molecule has 4 nitrogen and oxygen atoms in total. The second-order valence-electron chi connectivity index (χ2n) is 4.09. The van der Waals surface area contributed by atoms with Crippen molar-refractivity contribution in [1.82, 2.24) is 4.90 Å². The highest BCUT2D eigenvalue weighted by Crippen LogP contribution is 2.19. The van der Waals surface area contributed by atoms with Gasteiger partial charge in [0.2, 0.25) is 0 Å². The number of amides is 1. The van der Waals surface area contributed by atoms with Crippen molar-refractivity contribution < 1.29 is 9.53 Å². The van der Waals surface area contributed by atoms with Gasteiger partial charge in [-0.15, -0.1) is 0 Å². The van der Waals surface area contributed by atoms with E-state index in [1.165, 1.54) is 0 Å². The lowest BCUT2D eigenvalue weighted by Gasteiger charge is -2.23. The molecule has 1 aromatic carbocycles. The van der Waals surface area contributed by atoms with E-state index >= 15 is 0 Å². The van der Waals surface area contributed by atoms with Crippen LogP contribution in [0.2, 0.25) is 0 Å². The minimum atomic E-state index is -0.0393. The first kappa shape index (κ1) is 13.4. The van der Waals surface area contributed by atoms with Crippen molar-refractivity contribution in [3.05, 3.63) is 24.3 Å². The summed E-state index contributed by atoms with van der Waals surface area (Å²) in [4.78, 5) is 13.5. The lowest BCUT2D eigenvalue weighted by atomic mass is 10.2. The van der Waals surface area contributed by atoms with Crippen LogP contribution >= 0.6 is 0 Å². The van der Waals surface area contributed by atoms with Crippen molar-refractivity contribution in [2.45, 2.75) is 26.3 Å². The number of rotatable bonds is 5. The summed E-state index contributed by atoms with van der Waals surface area (Å²) in [6.45, 7) is 4.08. The molecule has 1 amide bonds. The molecule has 0 bridgehead atoms. The first-order valence-corrected chi connectivity index (χ1v) is 5.79. The molecule has 0 saturated heterocycles. The van der Waals surface area contributed by atoms with E-state index < -0.39 is 0 Å². The van der Waals surface area contributed by atoms with E-state index in [1.807, 2.05) is 26.0 Å². The summed E-state index contributed by atoms with van der Waals surface area (Å²) < 4.78 is 5.40. The number of carbonyl (C=O) groups is 1. The standard InChI is InChI=1S/C13H20N2O2/c1-4-10(2)15(3)13(16)9-17-12-8-6-5-7-11(12)14/h5-8,10H,4,9,14H2,1-3H3. The van der Waals surface area contributed by atoms with Gasteiger partial charge in [0.15, 0.2) is 6.61 Å². The summed E-state index contributed by atoms with van der Waals surface area (Å²) in [7, 11) is 1.79. The number of anilines is 1. The number of nitrogens with zero attached hydrogens (tertiary/aromatic N) is 1. The molecule has 94 valence electrons. The fraction of sp³-hybridized carbons (Fsp3) is 0.462. The number of nitrogens with two attached hydrogens (primary N) is 1. The van der Waals surface area contributed by atoms with Gasteiger partial charge in [-0.05, 0) is 25.5 Å². The number of carbonyl (C=O) groups excluding carboxylic acids is 1. The lowest BCUT2D eigenvalue weighted by molar-refractivity contribution is -0.133. The maximum atomic E-state index is 11.8. The largest absolute Gasteiger partial charge is 0.482 e. The van der Waals surface area contributed by atoms with Crippen molar-refractivity contribution in [2.75, 3.05) is 19.4 Å². The number of hydrogen-bond donors (Lipinski definition) is 1. The normalized spacial score (nSPS) is 11.9. The third-order valence-electron chi connectivity index (χ3n) is 2.92. The number of benzene rings is 1. The molecule has 0 radical (unpaired) electrons. The second kappa shape index (κ2) is 6.13. The average Bonchev–Trinajstić information content (AvgIpc) is 2.35. The van der Waals surface area contributed by atoms with Crippen LogP contribution < -0.4 is 10.5 Å². The zero-order valence-corrected chi connectivity index (χ0v) is 10.6. The van der Waals surface area contributed by atoms with E-state index in [0.717, 1.165) is 6.42 Å². The lowest BCUT2D eigenvalue weighted by Crippen LogP contribution is -2.37. The zero-order valence-electron chi connectivity index (χ0n) is 10.6. The highest BCUT2D eigenvalue weighted by atomic mass is 16.5. The Kier molecular flexibility index (Phi) is 4.82. The van der Waals surface area contributed by atoms with Gasteiger partial charge >= 0.3 is 0 Å². The molecule has 4 heteroatoms. The number of para-hydroxylation sites is 2. The van der Waals surface area contributed by atoms with Crippen molar-refractivity contribution >= 4 is 11.6 Å². The Balaban J connectivity index is 2.51. The molecule has 0 saturated carbocycles. The molecule has 1 atom stereocenters. The predicted octanol–water partition coefficient (Wildman–Crippen LogP) is 1.90. The molecule has 0 aliphatic rings. The summed E-state index contributed by atoms with van der Waals surface area (Å²) in [5.41, 5.74) is 6.27. The van der Waals surface area contributed by atoms with Gasteiger partial charge in [-0.25, -0.2) is 0 Å². The van der Waals surface area contributed by atoms with Crippen molar-refractivity contribution in [3.63, 3.8) is 0 Å². The van der Waals surface area contributed by atoms with Crippen LogP contribution in [0.5, 0.6) is 5.75 Å². The molecule has 1 rings (SSSR count). The highest BCUT2D eigenvalue weighted by molar-refractivity contribution is 5.78. The molecule has 0 fully saturated rings. The van der Waals surface area contributed by atoms with Gasteiger partial charge in [0.25, 0.3) is 5.91 Å². The minimum absolute atomic E-state index is 0.0229. The van der Waals surface area contributed by atoms with Crippen LogP contribution in [0.4, 0.5) is 5.69 Å². The van der Waals surface area contributed by atoms with Crippen molar-refractivity contribution in [3.8, 4) is 5.75 Å². The van der Waals surface area contributed by atoms with E-state index in [-0.39, 0.29) is 18.6 Å². The van der Waals surface area contributed by atoms with E-state index in [2.05, 4.69) is 0 Å². The molecule has 1 aromatic rings. The van der Waals surface area contributed by atoms with Gasteiger partial charge in [0, 0.05) is 13.1 Å². The predicted molar refractivity (Wildman–Crippen MR) is 68.9 cm³/mol. The SMILES string of the molecule is CCC(C)N(C)C(=O)COc1ccccc1N. The Morgan fingerprint density at radius 2 is 2.12 bits per heavy atom. The minimum Gasteiger partial charge on any atom is -0.482 e. The second-order valence-corrected chi connectivity index (χ2v) is 4.09. The maximum Gasteiger partial charge on any atom is 0.260 e. The van der Waals surface area contributed by atoms with Crippen LogP contribution in [-0.2, 0) is 4.79 Å². The first-order valence-electron chi connectivity index (χ1n) is 5.79. The molecular weight excluding hydrogens is 216 g/mol. The monoisotopic (exact) mass is 236 g/mol. The number of hydrogen-bond acceptors (Lipinski definition) is 3. The molecular formula is C13H20N2O2. The van der Waals surface area contributed by atoms with Crippen LogP contribution in [0.3, 0.4) is 0 Å². The Morgan fingerprint density at radius 3 is 2.71 bits per heavy atom. The molecule has 2 N–H and O–H groups in total. The molecule has 0 aliphatic heterocycles. The van der Waals surface area contributed by atoms with Crippen LogP contribution in [0.1, 0.15) is 20.3 Å². The van der Waals surface area contributed by atoms with E-state index in [1.54, 1.807) is 24.1 Å². The van der Waals surface area contributed by atoms with Crippen LogP contribution in [0.25, 0.3) is 0 Å². The zero-order chi connectivity index (χ0) is 12.8. The molecule has 0 aliphatic carbocycles. The van der Waals surface area contributed by atoms with Crippen LogP contribution in [0.15, 0.2) is 24.3 Å². The summed E-state index contributed by atoms with van der Waals surface area (Å²) in [5.74, 6) is 0.515. The summed E-state index contributed by atoms with van der Waals surface area (Å²) in [6.07, 6.45) is 0.926. The third kappa shape index (κ3) is 3.66. The Labute approximate surface area is 102 Å². The van der Waals surface area contributed by atoms with Crippen LogP contribution in [-0.4, -0.2) is 30.5 Å². The Hall–Kier alpha value is -1.71. The van der Waals surface area contributed by atoms with Gasteiger partial charge < -0.3 is 15.4 Å². The summed E-state index contributed by atoms with van der Waals surface area (Å²) in [6, 6.07) is 7.38. The summed E-state index contributed by atoms with van der Waals surface area (Å²) in [5, 5.41) is 0. The molecule has 0 aromatic heterocycles. The summed E-state index contributed by atoms with van der Waals surface area (Å²) >= 11 is 0.